The van der Waals surface area contributed by atoms with Crippen molar-refractivity contribution in [2.45, 2.75) is 32.7 Å². The fourth-order valence-corrected chi connectivity index (χ4v) is 2.72. The van der Waals surface area contributed by atoms with Gasteiger partial charge in [-0.3, -0.25) is 0 Å². The highest BCUT2D eigenvalue weighted by Gasteiger charge is 2.24. The predicted octanol–water partition coefficient (Wildman–Crippen LogP) is 3.44. The fraction of sp³-hybridized carbons (Fsp3) is 0.667. The summed E-state index contributed by atoms with van der Waals surface area (Å²) in [5, 5.41) is 5.86. The molecule has 0 amide bonds. The molecule has 1 saturated carbocycles. The van der Waals surface area contributed by atoms with E-state index in [1.54, 1.807) is 0 Å². The lowest BCUT2D eigenvalue weighted by atomic mass is 10.0. The van der Waals surface area contributed by atoms with Gasteiger partial charge in [0.1, 0.15) is 0 Å². The standard InChI is InChI=1S/C12H19NS/c1-9(2)12(11-4-3-7-14-11)13-8-10-5-6-10/h3-4,7,9-10,12-13H,5-6,8H2,1-2H3. The first-order chi connectivity index (χ1) is 6.77. The van der Waals surface area contributed by atoms with Crippen LogP contribution in [-0.2, 0) is 0 Å². The van der Waals surface area contributed by atoms with Gasteiger partial charge in [-0.25, -0.2) is 0 Å². The third-order valence-electron chi connectivity index (χ3n) is 2.84. The van der Waals surface area contributed by atoms with Crippen LogP contribution in [0.5, 0.6) is 0 Å². The second kappa shape index (κ2) is 4.45. The molecule has 0 aliphatic heterocycles. The third-order valence-corrected chi connectivity index (χ3v) is 3.80. The van der Waals surface area contributed by atoms with E-state index in [9.17, 15) is 0 Å². The Morgan fingerprint density at radius 2 is 2.29 bits per heavy atom. The van der Waals surface area contributed by atoms with E-state index in [0.717, 1.165) is 5.92 Å². The van der Waals surface area contributed by atoms with Crippen molar-refractivity contribution in [3.63, 3.8) is 0 Å². The number of thiophene rings is 1. The highest BCUT2D eigenvalue weighted by atomic mass is 32.1. The Morgan fingerprint density at radius 3 is 2.79 bits per heavy atom. The van der Waals surface area contributed by atoms with Gasteiger partial charge in [-0.15, -0.1) is 11.3 Å². The fourth-order valence-electron chi connectivity index (χ4n) is 1.75. The molecule has 1 heterocycles. The average Bonchev–Trinajstić information content (AvgIpc) is 2.80. The Kier molecular flexibility index (Phi) is 3.24. The molecule has 2 heteroatoms. The molecule has 1 aromatic heterocycles. The number of hydrogen-bond acceptors (Lipinski definition) is 2. The van der Waals surface area contributed by atoms with Crippen LogP contribution >= 0.6 is 11.3 Å². The molecular weight excluding hydrogens is 190 g/mol. The van der Waals surface area contributed by atoms with Crippen LogP contribution in [0.15, 0.2) is 17.5 Å². The minimum Gasteiger partial charge on any atom is -0.309 e. The Bertz CT molecular complexity index is 262. The van der Waals surface area contributed by atoms with Gasteiger partial charge >= 0.3 is 0 Å². The number of nitrogens with one attached hydrogen (secondary N) is 1. The van der Waals surface area contributed by atoms with Gasteiger partial charge in [0.2, 0.25) is 0 Å². The summed E-state index contributed by atoms with van der Waals surface area (Å²) in [6, 6.07) is 4.96. The van der Waals surface area contributed by atoms with E-state index in [-0.39, 0.29) is 0 Å². The van der Waals surface area contributed by atoms with Crippen molar-refractivity contribution in [1.82, 2.24) is 5.32 Å². The smallest absolute Gasteiger partial charge is 0.0438 e. The van der Waals surface area contributed by atoms with Gasteiger partial charge in [0, 0.05) is 10.9 Å². The van der Waals surface area contributed by atoms with Gasteiger partial charge in [0.05, 0.1) is 0 Å². The van der Waals surface area contributed by atoms with Crippen LogP contribution in [0.2, 0.25) is 0 Å². The van der Waals surface area contributed by atoms with Gasteiger partial charge in [-0.05, 0) is 42.7 Å². The molecule has 0 aromatic carbocycles. The van der Waals surface area contributed by atoms with Gasteiger partial charge in [0.15, 0.2) is 0 Å². The van der Waals surface area contributed by atoms with Crippen LogP contribution < -0.4 is 5.32 Å². The second-order valence-electron chi connectivity index (χ2n) is 4.59. The lowest BCUT2D eigenvalue weighted by Crippen LogP contribution is -2.26. The summed E-state index contributed by atoms with van der Waals surface area (Å²) in [5.74, 6) is 1.66. The highest BCUT2D eigenvalue weighted by Crippen LogP contribution is 2.31. The van der Waals surface area contributed by atoms with Crippen molar-refractivity contribution in [2.75, 3.05) is 6.54 Å². The molecule has 0 spiro atoms. The van der Waals surface area contributed by atoms with E-state index in [0.29, 0.717) is 12.0 Å². The Labute approximate surface area is 90.5 Å². The average molecular weight is 209 g/mol. The lowest BCUT2D eigenvalue weighted by Gasteiger charge is -2.21. The summed E-state index contributed by atoms with van der Waals surface area (Å²) < 4.78 is 0. The van der Waals surface area contributed by atoms with Crippen LogP contribution in [0.25, 0.3) is 0 Å². The Hall–Kier alpha value is -0.340. The molecule has 0 bridgehead atoms. The molecule has 0 radical (unpaired) electrons. The summed E-state index contributed by atoms with van der Waals surface area (Å²) in [6.45, 7) is 5.80. The van der Waals surface area contributed by atoms with E-state index in [1.165, 1.54) is 24.3 Å². The second-order valence-corrected chi connectivity index (χ2v) is 5.57. The van der Waals surface area contributed by atoms with Gasteiger partial charge in [0.25, 0.3) is 0 Å². The van der Waals surface area contributed by atoms with E-state index < -0.39 is 0 Å². The molecule has 1 fully saturated rings. The van der Waals surface area contributed by atoms with E-state index in [2.05, 4.69) is 36.7 Å². The third kappa shape index (κ3) is 2.58. The van der Waals surface area contributed by atoms with E-state index >= 15 is 0 Å². The Morgan fingerprint density at radius 1 is 1.50 bits per heavy atom. The molecule has 2 rings (SSSR count). The van der Waals surface area contributed by atoms with Crippen molar-refractivity contribution in [2.24, 2.45) is 11.8 Å². The van der Waals surface area contributed by atoms with Crippen molar-refractivity contribution in [1.29, 1.82) is 0 Å². The van der Waals surface area contributed by atoms with Gasteiger partial charge in [-0.1, -0.05) is 19.9 Å². The molecule has 1 N–H and O–H groups in total. The minimum absolute atomic E-state index is 0.565. The molecule has 78 valence electrons. The molecular formula is C12H19NS. The van der Waals surface area contributed by atoms with Crippen molar-refractivity contribution < 1.29 is 0 Å². The summed E-state index contributed by atoms with van der Waals surface area (Å²) >= 11 is 1.87. The van der Waals surface area contributed by atoms with E-state index in [1.807, 2.05) is 11.3 Å². The maximum absolute atomic E-state index is 3.69. The van der Waals surface area contributed by atoms with Gasteiger partial charge < -0.3 is 5.32 Å². The topological polar surface area (TPSA) is 12.0 Å². The highest BCUT2D eigenvalue weighted by molar-refractivity contribution is 7.10. The van der Waals surface area contributed by atoms with Crippen LogP contribution in [0.4, 0.5) is 0 Å². The first-order valence-corrected chi connectivity index (χ1v) is 6.42. The first-order valence-electron chi connectivity index (χ1n) is 5.54. The quantitative estimate of drug-likeness (QED) is 0.783. The molecule has 1 aliphatic rings. The van der Waals surface area contributed by atoms with E-state index in [4.69, 9.17) is 0 Å². The Balaban J connectivity index is 1.92. The molecule has 14 heavy (non-hydrogen) atoms. The molecule has 1 nitrogen and oxygen atoms in total. The zero-order valence-corrected chi connectivity index (χ0v) is 9.81. The largest absolute Gasteiger partial charge is 0.309 e. The zero-order valence-electron chi connectivity index (χ0n) is 8.99. The number of hydrogen-bond donors (Lipinski definition) is 1. The van der Waals surface area contributed by atoms with Crippen molar-refractivity contribution >= 4 is 11.3 Å². The normalized spacial score (nSPS) is 18.8. The summed E-state index contributed by atoms with van der Waals surface area (Å²) in [5.41, 5.74) is 0. The van der Waals surface area contributed by atoms with Crippen LogP contribution in [0.3, 0.4) is 0 Å². The summed E-state index contributed by atoms with van der Waals surface area (Å²) in [6.07, 6.45) is 2.87. The maximum atomic E-state index is 3.69. The SMILES string of the molecule is CC(C)C(NCC1CC1)c1cccs1. The van der Waals surface area contributed by atoms with Crippen molar-refractivity contribution in [3.05, 3.63) is 22.4 Å². The molecule has 1 aliphatic carbocycles. The lowest BCUT2D eigenvalue weighted by molar-refractivity contribution is 0.410. The van der Waals surface area contributed by atoms with Gasteiger partial charge in [-0.2, -0.15) is 0 Å². The minimum atomic E-state index is 0.565. The molecule has 1 aromatic rings. The van der Waals surface area contributed by atoms with Crippen LogP contribution in [0.1, 0.15) is 37.6 Å². The predicted molar refractivity (Wildman–Crippen MR) is 62.6 cm³/mol. The molecule has 1 unspecified atom stereocenters. The monoisotopic (exact) mass is 209 g/mol. The maximum Gasteiger partial charge on any atom is 0.0438 e. The zero-order chi connectivity index (χ0) is 9.97. The number of rotatable bonds is 5. The van der Waals surface area contributed by atoms with Crippen molar-refractivity contribution in [3.8, 4) is 0 Å². The van der Waals surface area contributed by atoms with Crippen LogP contribution in [0, 0.1) is 11.8 Å². The van der Waals surface area contributed by atoms with Crippen LogP contribution in [-0.4, -0.2) is 6.54 Å². The summed E-state index contributed by atoms with van der Waals surface area (Å²) in [4.78, 5) is 1.49. The molecule has 0 saturated heterocycles. The first kappa shape index (κ1) is 10.2. The summed E-state index contributed by atoms with van der Waals surface area (Å²) in [7, 11) is 0. The molecule has 1 atom stereocenters.